The smallest absolute Gasteiger partial charge is 0.232 e. The van der Waals surface area contributed by atoms with Crippen molar-refractivity contribution in [3.63, 3.8) is 0 Å². The van der Waals surface area contributed by atoms with Gasteiger partial charge in [-0.15, -0.1) is 0 Å². The SMILES string of the molecule is COCCCS(=O)(=O)N(CC(N)=O)C1CCCNC1. The predicted octanol–water partition coefficient (Wildman–Crippen LogP) is -1.11. The monoisotopic (exact) mass is 293 g/mol. The van der Waals surface area contributed by atoms with E-state index in [0.29, 0.717) is 19.6 Å². The molecule has 1 heterocycles. The van der Waals surface area contributed by atoms with E-state index >= 15 is 0 Å². The van der Waals surface area contributed by atoms with Crippen LogP contribution in [0.15, 0.2) is 0 Å². The van der Waals surface area contributed by atoms with Crippen molar-refractivity contribution in [2.45, 2.75) is 25.3 Å². The third-order valence-electron chi connectivity index (χ3n) is 3.10. The molecule has 0 saturated carbocycles. The van der Waals surface area contributed by atoms with Crippen molar-refractivity contribution < 1.29 is 17.9 Å². The van der Waals surface area contributed by atoms with Crippen LogP contribution in [0.25, 0.3) is 0 Å². The van der Waals surface area contributed by atoms with E-state index in [0.717, 1.165) is 19.4 Å². The minimum atomic E-state index is -3.48. The fourth-order valence-electron chi connectivity index (χ4n) is 2.19. The van der Waals surface area contributed by atoms with Crippen molar-refractivity contribution in [2.24, 2.45) is 5.73 Å². The van der Waals surface area contributed by atoms with Crippen molar-refractivity contribution in [2.75, 3.05) is 39.1 Å². The Morgan fingerprint density at radius 3 is 2.79 bits per heavy atom. The number of amides is 1. The molecular formula is C11H23N3O4S. The summed E-state index contributed by atoms with van der Waals surface area (Å²) < 4.78 is 30.7. The van der Waals surface area contributed by atoms with E-state index in [4.69, 9.17) is 10.5 Å². The maximum absolute atomic E-state index is 12.3. The van der Waals surface area contributed by atoms with Crippen LogP contribution in [0.5, 0.6) is 0 Å². The highest BCUT2D eigenvalue weighted by Gasteiger charge is 2.31. The summed E-state index contributed by atoms with van der Waals surface area (Å²) in [7, 11) is -1.95. The number of nitrogens with zero attached hydrogens (tertiary/aromatic N) is 1. The summed E-state index contributed by atoms with van der Waals surface area (Å²) in [6.07, 6.45) is 2.06. The molecule has 1 rings (SSSR count). The highest BCUT2D eigenvalue weighted by molar-refractivity contribution is 7.89. The Balaban J connectivity index is 2.73. The van der Waals surface area contributed by atoms with Crippen molar-refractivity contribution in [3.8, 4) is 0 Å². The second-order valence-corrected chi connectivity index (χ2v) is 6.72. The molecule has 0 aliphatic carbocycles. The van der Waals surface area contributed by atoms with E-state index in [2.05, 4.69) is 5.32 Å². The third-order valence-corrected chi connectivity index (χ3v) is 5.04. The summed E-state index contributed by atoms with van der Waals surface area (Å²) in [4.78, 5) is 11.1. The van der Waals surface area contributed by atoms with Gasteiger partial charge >= 0.3 is 0 Å². The minimum Gasteiger partial charge on any atom is -0.385 e. The van der Waals surface area contributed by atoms with Crippen LogP contribution in [0.1, 0.15) is 19.3 Å². The number of ether oxygens (including phenoxy) is 1. The molecule has 1 aliphatic heterocycles. The van der Waals surface area contributed by atoms with Crippen LogP contribution in [-0.4, -0.2) is 63.8 Å². The van der Waals surface area contributed by atoms with Crippen molar-refractivity contribution in [1.29, 1.82) is 0 Å². The molecule has 1 amide bonds. The van der Waals surface area contributed by atoms with Crippen molar-refractivity contribution >= 4 is 15.9 Å². The standard InChI is InChI=1S/C11H23N3O4S/c1-18-6-3-7-19(16,17)14(9-11(12)15)10-4-2-5-13-8-10/h10,13H,2-9H2,1H3,(H2,12,15). The molecule has 0 aromatic carbocycles. The van der Waals surface area contributed by atoms with Gasteiger partial charge in [0.2, 0.25) is 15.9 Å². The molecule has 0 radical (unpaired) electrons. The number of carbonyl (C=O) groups is 1. The summed E-state index contributed by atoms with van der Waals surface area (Å²) in [5, 5.41) is 3.14. The van der Waals surface area contributed by atoms with E-state index in [1.807, 2.05) is 0 Å². The number of methoxy groups -OCH3 is 1. The van der Waals surface area contributed by atoms with Crippen molar-refractivity contribution in [3.05, 3.63) is 0 Å². The first kappa shape index (κ1) is 16.4. The quantitative estimate of drug-likeness (QED) is 0.553. The number of rotatable bonds is 8. The fraction of sp³-hybridized carbons (Fsp3) is 0.909. The number of sulfonamides is 1. The highest BCUT2D eigenvalue weighted by Crippen LogP contribution is 2.15. The second kappa shape index (κ2) is 7.78. The van der Waals surface area contributed by atoms with Gasteiger partial charge in [-0.25, -0.2) is 8.42 Å². The summed E-state index contributed by atoms with van der Waals surface area (Å²) in [6, 6.07) is -0.186. The molecule has 112 valence electrons. The molecule has 1 saturated heterocycles. The molecule has 0 aromatic rings. The Hall–Kier alpha value is -0.700. The zero-order valence-electron chi connectivity index (χ0n) is 11.3. The maximum Gasteiger partial charge on any atom is 0.232 e. The Bertz CT molecular complexity index is 379. The largest absolute Gasteiger partial charge is 0.385 e. The van der Waals surface area contributed by atoms with Gasteiger partial charge in [-0.1, -0.05) is 0 Å². The summed E-state index contributed by atoms with van der Waals surface area (Å²) >= 11 is 0. The van der Waals surface area contributed by atoms with Gasteiger partial charge in [0.15, 0.2) is 0 Å². The molecule has 19 heavy (non-hydrogen) atoms. The van der Waals surface area contributed by atoms with Crippen molar-refractivity contribution in [1.82, 2.24) is 9.62 Å². The lowest BCUT2D eigenvalue weighted by Gasteiger charge is -2.33. The number of hydrogen-bond donors (Lipinski definition) is 2. The average Bonchev–Trinajstić information content (AvgIpc) is 2.37. The third kappa shape index (κ3) is 5.43. The van der Waals surface area contributed by atoms with E-state index in [9.17, 15) is 13.2 Å². The molecule has 1 fully saturated rings. The van der Waals surface area contributed by atoms with Crippen LogP contribution in [0.3, 0.4) is 0 Å². The van der Waals surface area contributed by atoms with Gasteiger partial charge in [-0.05, 0) is 25.8 Å². The minimum absolute atomic E-state index is 0.0232. The van der Waals surface area contributed by atoms with E-state index in [-0.39, 0.29) is 18.3 Å². The van der Waals surface area contributed by atoms with E-state index in [1.165, 1.54) is 11.4 Å². The normalized spacial score (nSPS) is 20.6. The van der Waals surface area contributed by atoms with Gasteiger partial charge in [0, 0.05) is 26.3 Å². The maximum atomic E-state index is 12.3. The Kier molecular flexibility index (Phi) is 6.70. The van der Waals surface area contributed by atoms with Crippen LogP contribution in [-0.2, 0) is 19.6 Å². The van der Waals surface area contributed by atoms with Gasteiger partial charge < -0.3 is 15.8 Å². The van der Waals surface area contributed by atoms with Crippen LogP contribution >= 0.6 is 0 Å². The van der Waals surface area contributed by atoms with E-state index in [1.54, 1.807) is 0 Å². The number of carbonyl (C=O) groups excluding carboxylic acids is 1. The van der Waals surface area contributed by atoms with Gasteiger partial charge in [-0.3, -0.25) is 4.79 Å². The lowest BCUT2D eigenvalue weighted by atomic mass is 10.1. The summed E-state index contributed by atoms with van der Waals surface area (Å²) in [5.74, 6) is -0.647. The van der Waals surface area contributed by atoms with Gasteiger partial charge in [0.05, 0.1) is 12.3 Å². The molecule has 7 nitrogen and oxygen atoms in total. The Morgan fingerprint density at radius 2 is 2.26 bits per heavy atom. The topological polar surface area (TPSA) is 102 Å². The summed E-state index contributed by atoms with van der Waals surface area (Å²) in [5.41, 5.74) is 5.16. The highest BCUT2D eigenvalue weighted by atomic mass is 32.2. The molecule has 1 aliphatic rings. The van der Waals surface area contributed by atoms with Crippen LogP contribution in [0.2, 0.25) is 0 Å². The molecule has 3 N–H and O–H groups in total. The Morgan fingerprint density at radius 1 is 1.53 bits per heavy atom. The molecule has 0 bridgehead atoms. The number of nitrogens with two attached hydrogens (primary N) is 1. The first-order valence-electron chi connectivity index (χ1n) is 6.45. The lowest BCUT2D eigenvalue weighted by molar-refractivity contribution is -0.118. The predicted molar refractivity (Wildman–Crippen MR) is 72.1 cm³/mol. The van der Waals surface area contributed by atoms with Gasteiger partial charge in [-0.2, -0.15) is 4.31 Å². The first-order chi connectivity index (χ1) is 8.97. The van der Waals surface area contributed by atoms with Gasteiger partial charge in [0.25, 0.3) is 0 Å². The van der Waals surface area contributed by atoms with Gasteiger partial charge in [0.1, 0.15) is 0 Å². The molecule has 0 aromatic heterocycles. The number of nitrogens with one attached hydrogen (secondary N) is 1. The van der Waals surface area contributed by atoms with Crippen LogP contribution < -0.4 is 11.1 Å². The Labute approximate surface area is 114 Å². The molecule has 0 spiro atoms. The number of primary amides is 1. The zero-order valence-corrected chi connectivity index (χ0v) is 12.1. The fourth-order valence-corrected chi connectivity index (χ4v) is 3.87. The average molecular weight is 293 g/mol. The van der Waals surface area contributed by atoms with Crippen LogP contribution in [0, 0.1) is 0 Å². The second-order valence-electron chi connectivity index (χ2n) is 4.67. The molecule has 1 unspecified atom stereocenters. The van der Waals surface area contributed by atoms with E-state index < -0.39 is 15.9 Å². The van der Waals surface area contributed by atoms with Crippen LogP contribution in [0.4, 0.5) is 0 Å². The number of piperidine rings is 1. The molecular weight excluding hydrogens is 270 g/mol. The molecule has 1 atom stereocenters. The zero-order chi connectivity index (χ0) is 14.3. The summed E-state index contributed by atoms with van der Waals surface area (Å²) in [6.45, 7) is 1.58. The lowest BCUT2D eigenvalue weighted by Crippen LogP contribution is -2.52. The molecule has 8 heteroatoms. The number of hydrogen-bond acceptors (Lipinski definition) is 5. The first-order valence-corrected chi connectivity index (χ1v) is 8.06.